The van der Waals surface area contributed by atoms with Crippen molar-refractivity contribution in [2.75, 3.05) is 32.6 Å². The quantitative estimate of drug-likeness (QED) is 0.457. The van der Waals surface area contributed by atoms with Gasteiger partial charge in [-0.1, -0.05) is 0 Å². The van der Waals surface area contributed by atoms with Crippen molar-refractivity contribution >= 4 is 15.7 Å². The van der Waals surface area contributed by atoms with Crippen molar-refractivity contribution in [1.82, 2.24) is 14.6 Å². The van der Waals surface area contributed by atoms with Gasteiger partial charge in [-0.05, 0) is 20.2 Å². The number of anilines is 1. The molecule has 0 saturated carbocycles. The first kappa shape index (κ1) is 13.8. The van der Waals surface area contributed by atoms with Crippen LogP contribution in [0.5, 0.6) is 0 Å². The smallest absolute Gasteiger partial charge is 0.244 e. The zero-order valence-corrected chi connectivity index (χ0v) is 10.7. The van der Waals surface area contributed by atoms with E-state index in [1.807, 2.05) is 19.0 Å². The maximum atomic E-state index is 11.9. The second-order valence-electron chi connectivity index (χ2n) is 3.72. The Balaban J connectivity index is 2.82. The number of pyridine rings is 1. The Kier molecular flexibility index (Phi) is 4.82. The number of nitrogens with zero attached hydrogens (tertiary/aromatic N) is 2. The molecular weight excluding hydrogens is 242 g/mol. The van der Waals surface area contributed by atoms with Crippen molar-refractivity contribution in [3.63, 3.8) is 0 Å². The second-order valence-corrected chi connectivity index (χ2v) is 5.45. The topological polar surface area (TPSA) is 100 Å². The van der Waals surface area contributed by atoms with E-state index in [1.165, 1.54) is 18.5 Å². The Labute approximate surface area is 101 Å². The summed E-state index contributed by atoms with van der Waals surface area (Å²) in [7, 11) is 0.152. The highest BCUT2D eigenvalue weighted by atomic mass is 32.2. The standard InChI is InChI=1S/C9H17N5O2S/c1-14(2)6-5-12-17(15,16)9-7-11-4-3-8(9)13-10/h3-4,7,12H,5-6,10H2,1-2H3,(H,11,13). The molecule has 0 radical (unpaired) electrons. The Hall–Kier alpha value is -1.22. The van der Waals surface area contributed by atoms with E-state index in [1.54, 1.807) is 0 Å². The minimum absolute atomic E-state index is 0.0428. The molecule has 1 aromatic heterocycles. The van der Waals surface area contributed by atoms with Crippen LogP contribution in [-0.2, 0) is 10.0 Å². The van der Waals surface area contributed by atoms with E-state index in [9.17, 15) is 8.42 Å². The fourth-order valence-electron chi connectivity index (χ4n) is 1.19. The fourth-order valence-corrected chi connectivity index (χ4v) is 2.33. The Morgan fingerprint density at radius 2 is 2.18 bits per heavy atom. The molecule has 1 aromatic rings. The molecule has 0 amide bonds. The van der Waals surface area contributed by atoms with E-state index in [4.69, 9.17) is 5.84 Å². The van der Waals surface area contributed by atoms with Crippen LogP contribution < -0.4 is 16.0 Å². The lowest BCUT2D eigenvalue weighted by atomic mass is 10.4. The normalized spacial score (nSPS) is 11.8. The number of likely N-dealkylation sites (N-methyl/N-ethyl adjacent to an activating group) is 1. The van der Waals surface area contributed by atoms with Gasteiger partial charge in [-0.2, -0.15) is 0 Å². The molecule has 96 valence electrons. The Bertz CT molecular complexity index is 460. The SMILES string of the molecule is CN(C)CCNS(=O)(=O)c1cnccc1NN. The van der Waals surface area contributed by atoms with Crippen LogP contribution in [-0.4, -0.2) is 45.5 Å². The van der Waals surface area contributed by atoms with E-state index in [2.05, 4.69) is 15.1 Å². The lowest BCUT2D eigenvalue weighted by molar-refractivity contribution is 0.412. The molecule has 0 aliphatic rings. The van der Waals surface area contributed by atoms with Gasteiger partial charge in [0.25, 0.3) is 0 Å². The summed E-state index contributed by atoms with van der Waals surface area (Å²) in [5.41, 5.74) is 2.65. The highest BCUT2D eigenvalue weighted by Gasteiger charge is 2.17. The maximum absolute atomic E-state index is 11.9. The summed E-state index contributed by atoms with van der Waals surface area (Å²) in [6.07, 6.45) is 2.72. The summed E-state index contributed by atoms with van der Waals surface area (Å²) in [4.78, 5) is 5.70. The predicted octanol–water partition coefficient (Wildman–Crippen LogP) is -0.793. The van der Waals surface area contributed by atoms with Crippen molar-refractivity contribution in [1.29, 1.82) is 0 Å². The van der Waals surface area contributed by atoms with Crippen molar-refractivity contribution in [2.24, 2.45) is 5.84 Å². The third-order valence-corrected chi connectivity index (χ3v) is 3.57. The molecule has 0 saturated heterocycles. The first-order valence-electron chi connectivity index (χ1n) is 5.02. The summed E-state index contributed by atoms with van der Waals surface area (Å²) < 4.78 is 26.3. The van der Waals surface area contributed by atoms with Crippen LogP contribution in [0.25, 0.3) is 0 Å². The number of nitrogens with two attached hydrogens (primary N) is 1. The van der Waals surface area contributed by atoms with Gasteiger partial charge in [0.05, 0.1) is 5.69 Å². The van der Waals surface area contributed by atoms with Gasteiger partial charge in [0.15, 0.2) is 0 Å². The molecule has 1 heterocycles. The number of nitrogens with one attached hydrogen (secondary N) is 2. The molecule has 8 heteroatoms. The lowest BCUT2D eigenvalue weighted by Gasteiger charge is -2.12. The van der Waals surface area contributed by atoms with Gasteiger partial charge in [0, 0.05) is 25.5 Å². The minimum Gasteiger partial charge on any atom is -0.323 e. The molecule has 0 unspecified atom stereocenters. The van der Waals surface area contributed by atoms with Crippen molar-refractivity contribution in [3.8, 4) is 0 Å². The van der Waals surface area contributed by atoms with E-state index >= 15 is 0 Å². The second kappa shape index (κ2) is 5.92. The van der Waals surface area contributed by atoms with E-state index in [-0.39, 0.29) is 4.90 Å². The Morgan fingerprint density at radius 1 is 1.47 bits per heavy atom. The number of aromatic nitrogens is 1. The number of hydrogen-bond acceptors (Lipinski definition) is 6. The summed E-state index contributed by atoms with van der Waals surface area (Å²) in [6, 6.07) is 1.50. The zero-order chi connectivity index (χ0) is 12.9. The summed E-state index contributed by atoms with van der Waals surface area (Å²) in [5, 5.41) is 0. The molecule has 0 aliphatic carbocycles. The van der Waals surface area contributed by atoms with Crippen molar-refractivity contribution in [3.05, 3.63) is 18.5 Å². The summed E-state index contributed by atoms with van der Waals surface area (Å²) in [6.45, 7) is 0.944. The minimum atomic E-state index is -3.58. The van der Waals surface area contributed by atoms with Gasteiger partial charge < -0.3 is 10.3 Å². The lowest BCUT2D eigenvalue weighted by Crippen LogP contribution is -2.32. The van der Waals surface area contributed by atoms with Gasteiger partial charge in [-0.25, -0.2) is 13.1 Å². The average molecular weight is 259 g/mol. The van der Waals surface area contributed by atoms with Crippen molar-refractivity contribution < 1.29 is 8.42 Å². The predicted molar refractivity (Wildman–Crippen MR) is 65.8 cm³/mol. The van der Waals surface area contributed by atoms with Gasteiger partial charge in [-0.15, -0.1) is 0 Å². The average Bonchev–Trinajstić information content (AvgIpc) is 2.28. The van der Waals surface area contributed by atoms with Gasteiger partial charge in [-0.3, -0.25) is 10.8 Å². The number of hydrogen-bond donors (Lipinski definition) is 3. The van der Waals surface area contributed by atoms with Crippen LogP contribution in [0.3, 0.4) is 0 Å². The molecule has 0 fully saturated rings. The Morgan fingerprint density at radius 3 is 2.76 bits per heavy atom. The number of nitrogen functional groups attached to an aromatic ring is 1. The molecule has 0 bridgehead atoms. The number of rotatable bonds is 6. The number of hydrazine groups is 1. The van der Waals surface area contributed by atoms with Crippen LogP contribution in [0.15, 0.2) is 23.4 Å². The van der Waals surface area contributed by atoms with Crippen LogP contribution in [0.4, 0.5) is 5.69 Å². The molecule has 17 heavy (non-hydrogen) atoms. The molecule has 7 nitrogen and oxygen atoms in total. The molecular formula is C9H17N5O2S. The molecule has 0 atom stereocenters. The maximum Gasteiger partial charge on any atom is 0.244 e. The molecule has 0 aliphatic heterocycles. The van der Waals surface area contributed by atoms with Crippen LogP contribution in [0.1, 0.15) is 0 Å². The molecule has 0 aromatic carbocycles. The van der Waals surface area contributed by atoms with Crippen molar-refractivity contribution in [2.45, 2.75) is 4.90 Å². The first-order valence-corrected chi connectivity index (χ1v) is 6.50. The van der Waals surface area contributed by atoms with E-state index in [0.29, 0.717) is 18.8 Å². The third-order valence-electron chi connectivity index (χ3n) is 2.08. The third kappa shape index (κ3) is 3.93. The molecule has 1 rings (SSSR count). The van der Waals surface area contributed by atoms with Crippen LogP contribution >= 0.6 is 0 Å². The van der Waals surface area contributed by atoms with Crippen LogP contribution in [0.2, 0.25) is 0 Å². The summed E-state index contributed by atoms with van der Waals surface area (Å²) >= 11 is 0. The molecule has 0 spiro atoms. The van der Waals surface area contributed by atoms with Gasteiger partial charge in [0.2, 0.25) is 10.0 Å². The zero-order valence-electron chi connectivity index (χ0n) is 9.84. The first-order chi connectivity index (χ1) is 7.97. The highest BCUT2D eigenvalue weighted by Crippen LogP contribution is 2.17. The van der Waals surface area contributed by atoms with Crippen LogP contribution in [0, 0.1) is 0 Å². The fraction of sp³-hybridized carbons (Fsp3) is 0.444. The number of sulfonamides is 1. The summed E-state index contributed by atoms with van der Waals surface area (Å²) in [5.74, 6) is 5.25. The molecule has 4 N–H and O–H groups in total. The highest BCUT2D eigenvalue weighted by molar-refractivity contribution is 7.89. The monoisotopic (exact) mass is 259 g/mol. The van der Waals surface area contributed by atoms with E-state index < -0.39 is 10.0 Å². The van der Waals surface area contributed by atoms with Gasteiger partial charge in [0.1, 0.15) is 4.90 Å². The largest absolute Gasteiger partial charge is 0.323 e. The van der Waals surface area contributed by atoms with Gasteiger partial charge >= 0.3 is 0 Å². The van der Waals surface area contributed by atoms with E-state index in [0.717, 1.165) is 0 Å².